The Hall–Kier alpha value is -1.42. The van der Waals surface area contributed by atoms with E-state index in [9.17, 15) is 4.79 Å². The lowest BCUT2D eigenvalue weighted by Gasteiger charge is -2.12. The second-order valence-electron chi connectivity index (χ2n) is 4.74. The van der Waals surface area contributed by atoms with Crippen molar-refractivity contribution in [2.75, 3.05) is 17.6 Å². The molecular weight excluding hydrogens is 252 g/mol. The Morgan fingerprint density at radius 3 is 2.83 bits per heavy atom. The summed E-state index contributed by atoms with van der Waals surface area (Å²) in [7, 11) is 0. The maximum absolute atomic E-state index is 11.1. The Labute approximate surface area is 111 Å². The van der Waals surface area contributed by atoms with Crippen LogP contribution in [0.1, 0.15) is 36.0 Å². The number of aromatic carboxylic acids is 1. The number of hydrogen-bond acceptors (Lipinski definition) is 3. The highest BCUT2D eigenvalue weighted by molar-refractivity contribution is 6.34. The Bertz CT molecular complexity index is 459. The Morgan fingerprint density at radius 2 is 2.22 bits per heavy atom. The number of anilines is 2. The maximum atomic E-state index is 11.1. The van der Waals surface area contributed by atoms with Crippen molar-refractivity contribution in [3.8, 4) is 0 Å². The molecule has 1 aromatic rings. The number of nitrogen functional groups attached to an aromatic ring is 1. The minimum absolute atomic E-state index is 0.131. The predicted octanol–water partition coefficient (Wildman–Crippen LogP) is 3.22. The number of carboxylic acid groups (broad SMARTS) is 1. The van der Waals surface area contributed by atoms with Crippen LogP contribution >= 0.6 is 11.6 Å². The number of hydrogen-bond donors (Lipinski definition) is 3. The Balaban J connectivity index is 2.02. The van der Waals surface area contributed by atoms with Gasteiger partial charge in [-0.3, -0.25) is 0 Å². The van der Waals surface area contributed by atoms with Gasteiger partial charge in [0.2, 0.25) is 0 Å². The predicted molar refractivity (Wildman–Crippen MR) is 73.3 cm³/mol. The van der Waals surface area contributed by atoms with Gasteiger partial charge in [-0.25, -0.2) is 4.79 Å². The number of halogens is 1. The van der Waals surface area contributed by atoms with Gasteiger partial charge in [0.1, 0.15) is 0 Å². The van der Waals surface area contributed by atoms with Gasteiger partial charge < -0.3 is 16.2 Å². The van der Waals surface area contributed by atoms with Crippen LogP contribution in [0.5, 0.6) is 0 Å². The highest BCUT2D eigenvalue weighted by Crippen LogP contribution is 2.34. The molecular formula is C13H17ClN2O2. The van der Waals surface area contributed by atoms with E-state index in [0.717, 1.165) is 18.9 Å². The van der Waals surface area contributed by atoms with E-state index in [2.05, 4.69) is 5.32 Å². The monoisotopic (exact) mass is 268 g/mol. The molecule has 0 aromatic heterocycles. The molecule has 5 heteroatoms. The maximum Gasteiger partial charge on any atom is 0.337 e. The fourth-order valence-corrected chi connectivity index (χ4v) is 2.28. The summed E-state index contributed by atoms with van der Waals surface area (Å²) in [5, 5.41) is 12.6. The molecule has 0 spiro atoms. The lowest BCUT2D eigenvalue weighted by Crippen LogP contribution is -2.09. The minimum Gasteiger partial charge on any atom is -0.478 e. The van der Waals surface area contributed by atoms with E-state index in [0.29, 0.717) is 16.4 Å². The van der Waals surface area contributed by atoms with Gasteiger partial charge in [0.15, 0.2) is 0 Å². The summed E-state index contributed by atoms with van der Waals surface area (Å²) in [5.41, 5.74) is 6.55. The van der Waals surface area contributed by atoms with Gasteiger partial charge in [0, 0.05) is 12.2 Å². The molecule has 0 saturated heterocycles. The molecule has 4 N–H and O–H groups in total. The molecule has 0 amide bonds. The highest BCUT2D eigenvalue weighted by Gasteiger charge is 2.20. The second kappa shape index (κ2) is 5.48. The number of nitrogens with two attached hydrogens (primary N) is 1. The molecule has 98 valence electrons. The lowest BCUT2D eigenvalue weighted by molar-refractivity contribution is 0.0698. The number of carboxylic acids is 1. The van der Waals surface area contributed by atoms with E-state index in [-0.39, 0.29) is 5.56 Å². The van der Waals surface area contributed by atoms with Crippen LogP contribution in [0.4, 0.5) is 11.4 Å². The molecule has 4 nitrogen and oxygen atoms in total. The molecule has 18 heavy (non-hydrogen) atoms. The molecule has 2 rings (SSSR count). The first-order chi connectivity index (χ1) is 8.58. The third kappa shape index (κ3) is 3.29. The van der Waals surface area contributed by atoms with Gasteiger partial charge >= 0.3 is 5.97 Å². The van der Waals surface area contributed by atoms with E-state index >= 15 is 0 Å². The summed E-state index contributed by atoms with van der Waals surface area (Å²) in [4.78, 5) is 11.1. The quantitative estimate of drug-likeness (QED) is 0.547. The molecule has 0 radical (unpaired) electrons. The summed E-state index contributed by atoms with van der Waals surface area (Å²) in [6.07, 6.45) is 4.90. The molecule has 0 atom stereocenters. The van der Waals surface area contributed by atoms with Gasteiger partial charge in [0.05, 0.1) is 16.3 Å². The molecule has 1 saturated carbocycles. The number of carbonyl (C=O) groups is 1. The van der Waals surface area contributed by atoms with E-state index in [1.165, 1.54) is 25.3 Å². The largest absolute Gasteiger partial charge is 0.478 e. The number of nitrogens with one attached hydrogen (secondary N) is 1. The zero-order valence-corrected chi connectivity index (χ0v) is 10.8. The highest BCUT2D eigenvalue weighted by atomic mass is 35.5. The fraction of sp³-hybridized carbons (Fsp3) is 0.462. The zero-order valence-electron chi connectivity index (χ0n) is 10.1. The van der Waals surface area contributed by atoms with Gasteiger partial charge in [-0.15, -0.1) is 0 Å². The SMILES string of the molecule is Nc1cc(Cl)c(NCCCC2CC2)c(C(=O)O)c1. The minimum atomic E-state index is -1.02. The third-order valence-corrected chi connectivity index (χ3v) is 3.43. The van der Waals surface area contributed by atoms with Crippen molar-refractivity contribution in [3.05, 3.63) is 22.7 Å². The summed E-state index contributed by atoms with van der Waals surface area (Å²) in [6.45, 7) is 0.737. The average Bonchev–Trinajstić information content (AvgIpc) is 3.09. The van der Waals surface area contributed by atoms with Gasteiger partial charge in [0.25, 0.3) is 0 Å². The molecule has 1 fully saturated rings. The van der Waals surface area contributed by atoms with Crippen molar-refractivity contribution in [1.29, 1.82) is 0 Å². The van der Waals surface area contributed by atoms with Crippen molar-refractivity contribution in [3.63, 3.8) is 0 Å². The standard InChI is InChI=1S/C13H17ClN2O2/c14-11-7-9(15)6-10(13(17)18)12(11)16-5-1-2-8-3-4-8/h6-8,16H,1-5,15H2,(H,17,18). The molecule has 0 aliphatic heterocycles. The van der Waals surface area contributed by atoms with Gasteiger partial charge in [-0.05, 0) is 30.9 Å². The number of benzene rings is 1. The molecule has 0 bridgehead atoms. The molecule has 1 aliphatic carbocycles. The fourth-order valence-electron chi connectivity index (χ4n) is 1.99. The lowest BCUT2D eigenvalue weighted by atomic mass is 10.1. The summed E-state index contributed by atoms with van der Waals surface area (Å²) < 4.78 is 0. The van der Waals surface area contributed by atoms with Crippen molar-refractivity contribution in [2.45, 2.75) is 25.7 Å². The van der Waals surface area contributed by atoms with Crippen molar-refractivity contribution in [2.24, 2.45) is 5.92 Å². The van der Waals surface area contributed by atoms with E-state index in [4.69, 9.17) is 22.4 Å². The molecule has 0 unspecified atom stereocenters. The Kier molecular flexibility index (Phi) is 3.97. The van der Waals surface area contributed by atoms with Crippen LogP contribution in [0.3, 0.4) is 0 Å². The van der Waals surface area contributed by atoms with Crippen LogP contribution in [-0.4, -0.2) is 17.6 Å². The smallest absolute Gasteiger partial charge is 0.337 e. The summed E-state index contributed by atoms with van der Waals surface area (Å²) >= 11 is 6.03. The first-order valence-electron chi connectivity index (χ1n) is 6.14. The Morgan fingerprint density at radius 1 is 1.50 bits per heavy atom. The summed E-state index contributed by atoms with van der Waals surface area (Å²) in [6, 6.07) is 2.99. The third-order valence-electron chi connectivity index (χ3n) is 3.13. The van der Waals surface area contributed by atoms with Crippen molar-refractivity contribution in [1.82, 2.24) is 0 Å². The molecule has 1 aliphatic rings. The van der Waals surface area contributed by atoms with E-state index in [1.54, 1.807) is 6.07 Å². The average molecular weight is 269 g/mol. The van der Waals surface area contributed by atoms with Crippen LogP contribution in [0, 0.1) is 5.92 Å². The van der Waals surface area contributed by atoms with Crippen molar-refractivity contribution >= 4 is 28.9 Å². The van der Waals surface area contributed by atoms with Crippen LogP contribution < -0.4 is 11.1 Å². The summed E-state index contributed by atoms with van der Waals surface area (Å²) in [5.74, 6) is -0.137. The van der Waals surface area contributed by atoms with E-state index in [1.807, 2.05) is 0 Å². The van der Waals surface area contributed by atoms with Crippen LogP contribution in [0.25, 0.3) is 0 Å². The molecule has 1 aromatic carbocycles. The molecule has 0 heterocycles. The van der Waals surface area contributed by atoms with Gasteiger partial charge in [-0.1, -0.05) is 24.4 Å². The first-order valence-corrected chi connectivity index (χ1v) is 6.52. The van der Waals surface area contributed by atoms with Crippen molar-refractivity contribution < 1.29 is 9.90 Å². The first kappa shape index (κ1) is 13.0. The van der Waals surface area contributed by atoms with Crippen LogP contribution in [0.15, 0.2) is 12.1 Å². The number of rotatable bonds is 6. The van der Waals surface area contributed by atoms with Gasteiger partial charge in [-0.2, -0.15) is 0 Å². The zero-order chi connectivity index (χ0) is 13.1. The topological polar surface area (TPSA) is 75.3 Å². The van der Waals surface area contributed by atoms with Crippen LogP contribution in [-0.2, 0) is 0 Å². The normalized spacial score (nSPS) is 14.5. The van der Waals surface area contributed by atoms with Crippen LogP contribution in [0.2, 0.25) is 5.02 Å². The van der Waals surface area contributed by atoms with E-state index < -0.39 is 5.97 Å². The second-order valence-corrected chi connectivity index (χ2v) is 5.15.